The van der Waals surface area contributed by atoms with Gasteiger partial charge in [-0.2, -0.15) is 0 Å². The number of hydrogen-bond acceptors (Lipinski definition) is 6. The topological polar surface area (TPSA) is 137 Å². The summed E-state index contributed by atoms with van der Waals surface area (Å²) in [6.07, 6.45) is -1.30. The van der Waals surface area contributed by atoms with Gasteiger partial charge in [-0.1, -0.05) is 48.5 Å². The molecule has 2 aromatic carbocycles. The van der Waals surface area contributed by atoms with Crippen molar-refractivity contribution < 1.29 is 28.7 Å². The van der Waals surface area contributed by atoms with E-state index in [9.17, 15) is 19.2 Å². The fourth-order valence-electron chi connectivity index (χ4n) is 3.52. The summed E-state index contributed by atoms with van der Waals surface area (Å²) in [6, 6.07) is 14.5. The van der Waals surface area contributed by atoms with Gasteiger partial charge in [0.1, 0.15) is 12.6 Å². The van der Waals surface area contributed by atoms with Crippen LogP contribution >= 0.6 is 0 Å². The van der Waals surface area contributed by atoms with Crippen molar-refractivity contribution in [3.63, 3.8) is 0 Å². The zero-order valence-electron chi connectivity index (χ0n) is 16.9. The molecule has 0 aromatic heterocycles. The third kappa shape index (κ3) is 5.39. The lowest BCUT2D eigenvalue weighted by Gasteiger charge is -2.19. The normalized spacial score (nSPS) is 12.8. The molecule has 0 saturated carbocycles. The zero-order valence-corrected chi connectivity index (χ0v) is 16.9. The van der Waals surface area contributed by atoms with Crippen molar-refractivity contribution in [1.82, 2.24) is 10.6 Å². The van der Waals surface area contributed by atoms with Gasteiger partial charge < -0.3 is 25.8 Å². The summed E-state index contributed by atoms with van der Waals surface area (Å²) < 4.78 is 10.0. The van der Waals surface area contributed by atoms with Gasteiger partial charge in [-0.15, -0.1) is 0 Å². The average molecular weight is 425 g/mol. The number of rotatable bonds is 8. The van der Waals surface area contributed by atoms with Crippen molar-refractivity contribution >= 4 is 23.9 Å². The smallest absolute Gasteiger partial charge is 0.407 e. The highest BCUT2D eigenvalue weighted by molar-refractivity contribution is 5.90. The SMILES string of the molecule is CC(=O)OCNC(=O)C(CC(N)=O)NC(=O)OCC1c2ccccc2-c2ccccc21. The number of primary amides is 1. The van der Waals surface area contributed by atoms with Crippen LogP contribution in [0.4, 0.5) is 4.79 Å². The number of nitrogens with two attached hydrogens (primary N) is 1. The number of alkyl carbamates (subject to hydrolysis) is 1. The number of carbonyl (C=O) groups is 4. The minimum absolute atomic E-state index is 0.0538. The summed E-state index contributed by atoms with van der Waals surface area (Å²) in [4.78, 5) is 46.6. The Morgan fingerprint density at radius 1 is 0.968 bits per heavy atom. The van der Waals surface area contributed by atoms with Crippen LogP contribution in [-0.2, 0) is 23.9 Å². The molecule has 1 aliphatic carbocycles. The first kappa shape index (κ1) is 21.8. The molecule has 1 aliphatic rings. The zero-order chi connectivity index (χ0) is 22.4. The maximum absolute atomic E-state index is 12.4. The van der Waals surface area contributed by atoms with Crippen molar-refractivity contribution in [2.24, 2.45) is 5.73 Å². The van der Waals surface area contributed by atoms with Crippen molar-refractivity contribution in [2.45, 2.75) is 25.3 Å². The highest BCUT2D eigenvalue weighted by Gasteiger charge is 2.30. The monoisotopic (exact) mass is 425 g/mol. The number of hydrogen-bond donors (Lipinski definition) is 3. The van der Waals surface area contributed by atoms with E-state index < -0.39 is 43.1 Å². The van der Waals surface area contributed by atoms with Crippen LogP contribution in [-0.4, -0.2) is 43.3 Å². The maximum Gasteiger partial charge on any atom is 0.407 e. The second kappa shape index (κ2) is 9.75. The Bertz CT molecular complexity index is 961. The second-order valence-corrected chi connectivity index (χ2v) is 7.01. The first-order chi connectivity index (χ1) is 14.9. The minimum Gasteiger partial charge on any atom is -0.449 e. The van der Waals surface area contributed by atoms with Gasteiger partial charge in [0.2, 0.25) is 11.8 Å². The number of ether oxygens (including phenoxy) is 2. The molecular formula is C22H23N3O6. The highest BCUT2D eigenvalue weighted by Crippen LogP contribution is 2.44. The third-order valence-electron chi connectivity index (χ3n) is 4.88. The van der Waals surface area contributed by atoms with E-state index >= 15 is 0 Å². The summed E-state index contributed by atoms with van der Waals surface area (Å²) in [6.45, 7) is 0.843. The largest absolute Gasteiger partial charge is 0.449 e. The lowest BCUT2D eigenvalue weighted by atomic mass is 9.98. The van der Waals surface area contributed by atoms with Crippen LogP contribution in [0.25, 0.3) is 11.1 Å². The molecular weight excluding hydrogens is 402 g/mol. The molecule has 0 spiro atoms. The van der Waals surface area contributed by atoms with Gasteiger partial charge in [-0.3, -0.25) is 14.4 Å². The number of fused-ring (bicyclic) bond motifs is 3. The molecule has 3 rings (SSSR count). The van der Waals surface area contributed by atoms with Crippen LogP contribution in [0.3, 0.4) is 0 Å². The van der Waals surface area contributed by atoms with E-state index in [0.717, 1.165) is 22.3 Å². The molecule has 3 amide bonds. The highest BCUT2D eigenvalue weighted by atomic mass is 16.6. The summed E-state index contributed by atoms with van der Waals surface area (Å²) in [5.74, 6) is -2.25. The number of carbonyl (C=O) groups excluding carboxylic acids is 4. The van der Waals surface area contributed by atoms with E-state index in [1.54, 1.807) is 0 Å². The van der Waals surface area contributed by atoms with Crippen molar-refractivity contribution in [3.8, 4) is 11.1 Å². The lowest BCUT2D eigenvalue weighted by molar-refractivity contribution is -0.143. The van der Waals surface area contributed by atoms with E-state index in [4.69, 9.17) is 10.5 Å². The molecule has 1 unspecified atom stereocenters. The Labute approximate surface area is 178 Å². The van der Waals surface area contributed by atoms with Crippen LogP contribution in [0.1, 0.15) is 30.4 Å². The van der Waals surface area contributed by atoms with Crippen LogP contribution in [0, 0.1) is 0 Å². The Kier molecular flexibility index (Phi) is 6.86. The number of nitrogens with one attached hydrogen (secondary N) is 2. The van der Waals surface area contributed by atoms with E-state index in [0.29, 0.717) is 0 Å². The van der Waals surface area contributed by atoms with E-state index in [-0.39, 0.29) is 12.5 Å². The summed E-state index contributed by atoms with van der Waals surface area (Å²) in [5, 5.41) is 4.63. The summed E-state index contributed by atoms with van der Waals surface area (Å²) in [5.41, 5.74) is 9.43. The van der Waals surface area contributed by atoms with Crippen molar-refractivity contribution in [1.29, 1.82) is 0 Å². The molecule has 0 heterocycles. The van der Waals surface area contributed by atoms with Gasteiger partial charge in [-0.05, 0) is 22.3 Å². The molecule has 0 fully saturated rings. The van der Waals surface area contributed by atoms with Crippen molar-refractivity contribution in [3.05, 3.63) is 59.7 Å². The van der Waals surface area contributed by atoms with Crippen LogP contribution in [0.5, 0.6) is 0 Å². The van der Waals surface area contributed by atoms with Gasteiger partial charge in [-0.25, -0.2) is 4.79 Å². The summed E-state index contributed by atoms with van der Waals surface area (Å²) >= 11 is 0. The Morgan fingerprint density at radius 3 is 2.10 bits per heavy atom. The van der Waals surface area contributed by atoms with Gasteiger partial charge in [0.25, 0.3) is 0 Å². The molecule has 0 saturated heterocycles. The quantitative estimate of drug-likeness (QED) is 0.432. The molecule has 0 bridgehead atoms. The Hall–Kier alpha value is -3.88. The fraction of sp³-hybridized carbons (Fsp3) is 0.273. The van der Waals surface area contributed by atoms with Gasteiger partial charge in [0, 0.05) is 12.8 Å². The van der Waals surface area contributed by atoms with E-state index in [2.05, 4.69) is 15.4 Å². The second-order valence-electron chi connectivity index (χ2n) is 7.01. The van der Waals surface area contributed by atoms with E-state index in [1.165, 1.54) is 6.92 Å². The predicted molar refractivity (Wildman–Crippen MR) is 111 cm³/mol. The van der Waals surface area contributed by atoms with Crippen LogP contribution in [0.15, 0.2) is 48.5 Å². The standard InChI is InChI=1S/C22H23N3O6/c1-13(26)31-12-24-21(28)19(10-20(23)27)25-22(29)30-11-18-16-8-4-2-6-14(16)15-7-3-5-9-17(15)18/h2-9,18-19H,10-12H2,1H3,(H2,23,27)(H,24,28)(H,25,29). The molecule has 1 atom stereocenters. The number of esters is 1. The maximum atomic E-state index is 12.4. The molecule has 9 heteroatoms. The molecule has 162 valence electrons. The molecule has 9 nitrogen and oxygen atoms in total. The molecule has 2 aromatic rings. The van der Waals surface area contributed by atoms with Crippen molar-refractivity contribution in [2.75, 3.05) is 13.3 Å². The molecule has 31 heavy (non-hydrogen) atoms. The van der Waals surface area contributed by atoms with Crippen LogP contribution < -0.4 is 16.4 Å². The van der Waals surface area contributed by atoms with Gasteiger partial charge >= 0.3 is 12.1 Å². The summed E-state index contributed by atoms with van der Waals surface area (Å²) in [7, 11) is 0. The van der Waals surface area contributed by atoms with Gasteiger partial charge in [0.05, 0.1) is 6.42 Å². The minimum atomic E-state index is -1.26. The molecule has 0 aliphatic heterocycles. The fourth-order valence-corrected chi connectivity index (χ4v) is 3.52. The predicted octanol–water partition coefficient (Wildman–Crippen LogP) is 1.41. The van der Waals surface area contributed by atoms with Gasteiger partial charge in [0.15, 0.2) is 6.73 Å². The Morgan fingerprint density at radius 2 is 1.55 bits per heavy atom. The Balaban J connectivity index is 1.63. The number of amides is 3. The van der Waals surface area contributed by atoms with E-state index in [1.807, 2.05) is 48.5 Å². The third-order valence-corrected chi connectivity index (χ3v) is 4.88. The molecule has 0 radical (unpaired) electrons. The lowest BCUT2D eigenvalue weighted by Crippen LogP contribution is -2.49. The van der Waals surface area contributed by atoms with Crippen LogP contribution in [0.2, 0.25) is 0 Å². The average Bonchev–Trinajstić information content (AvgIpc) is 3.05. The molecule has 4 N–H and O–H groups in total. The number of benzene rings is 2. The first-order valence-corrected chi connectivity index (χ1v) is 9.67. The first-order valence-electron chi connectivity index (χ1n) is 9.67.